The van der Waals surface area contributed by atoms with Gasteiger partial charge in [0.1, 0.15) is 0 Å². The van der Waals surface area contributed by atoms with E-state index in [4.69, 9.17) is 0 Å². The van der Waals surface area contributed by atoms with E-state index in [1.807, 2.05) is 0 Å². The molecule has 1 atom stereocenters. The second-order valence-electron chi connectivity index (χ2n) is 4.15. The van der Waals surface area contributed by atoms with Crippen LogP contribution in [0.2, 0.25) is 0 Å². The highest BCUT2D eigenvalue weighted by Crippen LogP contribution is 2.37. The molecule has 0 saturated carbocycles. The molecule has 0 fully saturated rings. The van der Waals surface area contributed by atoms with Crippen molar-refractivity contribution >= 4 is 0 Å². The first-order chi connectivity index (χ1) is 8.05. The third-order valence-corrected chi connectivity index (χ3v) is 2.79. The van der Waals surface area contributed by atoms with Gasteiger partial charge in [-0.15, -0.1) is 0 Å². The Hall–Kier alpha value is -1.20. The maximum atomic E-state index is 12.5. The van der Waals surface area contributed by atoms with Crippen LogP contribution in [-0.4, -0.2) is 0 Å². The van der Waals surface area contributed by atoms with Gasteiger partial charge in [-0.2, -0.15) is 26.3 Å². The summed E-state index contributed by atoms with van der Waals surface area (Å²) in [5.74, 6) is -0.353. The Bertz CT molecular complexity index is 383. The van der Waals surface area contributed by atoms with Gasteiger partial charge in [0.2, 0.25) is 0 Å². The van der Waals surface area contributed by atoms with E-state index in [-0.39, 0.29) is 17.5 Å². The third-order valence-electron chi connectivity index (χ3n) is 2.79. The van der Waals surface area contributed by atoms with Crippen molar-refractivity contribution in [2.45, 2.75) is 38.5 Å². The quantitative estimate of drug-likeness (QED) is 0.645. The standard InChI is InChI=1S/C12H12F6/c1-3-7(2)8-4-9(11(13,14)15)6-10(5-8)12(16,17)18/h4-7H,3H2,1-2H3/t7-/m1/s1. The summed E-state index contributed by atoms with van der Waals surface area (Å²) in [6.07, 6.45) is -9.08. The molecule has 0 aliphatic rings. The van der Waals surface area contributed by atoms with Gasteiger partial charge in [0.15, 0.2) is 0 Å². The summed E-state index contributed by atoms with van der Waals surface area (Å²) in [5.41, 5.74) is -2.46. The van der Waals surface area contributed by atoms with Crippen LogP contribution in [0, 0.1) is 0 Å². The monoisotopic (exact) mass is 270 g/mol. The zero-order valence-electron chi connectivity index (χ0n) is 9.78. The van der Waals surface area contributed by atoms with Crippen molar-refractivity contribution in [3.05, 3.63) is 34.9 Å². The molecule has 0 unspecified atom stereocenters. The lowest BCUT2D eigenvalue weighted by Crippen LogP contribution is -2.12. The van der Waals surface area contributed by atoms with Crippen LogP contribution in [0.4, 0.5) is 26.3 Å². The Morgan fingerprint density at radius 3 is 1.56 bits per heavy atom. The summed E-state index contributed by atoms with van der Waals surface area (Å²) in [7, 11) is 0. The van der Waals surface area contributed by atoms with Crippen molar-refractivity contribution in [2.24, 2.45) is 0 Å². The molecular formula is C12H12F6. The SMILES string of the molecule is CC[C@@H](C)c1cc(C(F)(F)F)cc(C(F)(F)F)c1. The number of benzene rings is 1. The smallest absolute Gasteiger partial charge is 0.166 e. The second-order valence-corrected chi connectivity index (χ2v) is 4.15. The van der Waals surface area contributed by atoms with E-state index in [0.717, 1.165) is 12.1 Å². The summed E-state index contributed by atoms with van der Waals surface area (Å²) in [6.45, 7) is 3.30. The van der Waals surface area contributed by atoms with Gasteiger partial charge in [0.25, 0.3) is 0 Å². The van der Waals surface area contributed by atoms with Crippen LogP contribution in [0.1, 0.15) is 42.9 Å². The molecule has 1 rings (SSSR count). The van der Waals surface area contributed by atoms with Gasteiger partial charge in [-0.25, -0.2) is 0 Å². The van der Waals surface area contributed by atoms with Crippen LogP contribution in [0.3, 0.4) is 0 Å². The lowest BCUT2D eigenvalue weighted by atomic mass is 9.94. The molecule has 0 aliphatic carbocycles. The highest BCUT2D eigenvalue weighted by atomic mass is 19.4. The first-order valence-corrected chi connectivity index (χ1v) is 5.35. The second kappa shape index (κ2) is 4.82. The number of hydrogen-bond acceptors (Lipinski definition) is 0. The fourth-order valence-electron chi connectivity index (χ4n) is 1.50. The molecule has 1 aromatic rings. The molecule has 0 radical (unpaired) electrons. The zero-order chi connectivity index (χ0) is 14.1. The van der Waals surface area contributed by atoms with E-state index in [1.165, 1.54) is 0 Å². The predicted octanol–water partition coefficient (Wildman–Crippen LogP) is 5.24. The third kappa shape index (κ3) is 3.40. The molecule has 0 amide bonds. The summed E-state index contributed by atoms with van der Waals surface area (Å²) in [6, 6.07) is 1.71. The molecule has 0 N–H and O–H groups in total. The van der Waals surface area contributed by atoms with Crippen molar-refractivity contribution in [2.75, 3.05) is 0 Å². The highest BCUT2D eigenvalue weighted by Gasteiger charge is 2.37. The van der Waals surface area contributed by atoms with Gasteiger partial charge < -0.3 is 0 Å². The summed E-state index contributed by atoms with van der Waals surface area (Å²) in [4.78, 5) is 0. The summed E-state index contributed by atoms with van der Waals surface area (Å²) >= 11 is 0. The molecule has 0 heterocycles. The van der Waals surface area contributed by atoms with Crippen molar-refractivity contribution < 1.29 is 26.3 Å². The van der Waals surface area contributed by atoms with E-state index in [9.17, 15) is 26.3 Å². The minimum absolute atomic E-state index is 0.0552. The maximum Gasteiger partial charge on any atom is 0.416 e. The predicted molar refractivity (Wildman–Crippen MR) is 55.2 cm³/mol. The van der Waals surface area contributed by atoms with E-state index >= 15 is 0 Å². The maximum absolute atomic E-state index is 12.5. The van der Waals surface area contributed by atoms with Crippen molar-refractivity contribution in [3.63, 3.8) is 0 Å². The van der Waals surface area contributed by atoms with Crippen molar-refractivity contribution in [1.82, 2.24) is 0 Å². The Kier molecular flexibility index (Phi) is 3.98. The lowest BCUT2D eigenvalue weighted by molar-refractivity contribution is -0.143. The fraction of sp³-hybridized carbons (Fsp3) is 0.500. The fourth-order valence-corrected chi connectivity index (χ4v) is 1.50. The summed E-state index contributed by atoms with van der Waals surface area (Å²) < 4.78 is 75.2. The molecule has 0 aliphatic heterocycles. The van der Waals surface area contributed by atoms with Crippen LogP contribution in [-0.2, 0) is 12.4 Å². The molecular weight excluding hydrogens is 258 g/mol. The van der Waals surface area contributed by atoms with Gasteiger partial charge >= 0.3 is 12.4 Å². The number of halogens is 6. The van der Waals surface area contributed by atoms with Gasteiger partial charge in [0.05, 0.1) is 11.1 Å². The van der Waals surface area contributed by atoms with Gasteiger partial charge in [0, 0.05) is 0 Å². The first kappa shape index (κ1) is 14.9. The average molecular weight is 270 g/mol. The number of hydrogen-bond donors (Lipinski definition) is 0. The minimum atomic E-state index is -4.77. The van der Waals surface area contributed by atoms with Crippen LogP contribution in [0.15, 0.2) is 18.2 Å². The average Bonchev–Trinajstić information content (AvgIpc) is 2.25. The van der Waals surface area contributed by atoms with Crippen LogP contribution in [0.5, 0.6) is 0 Å². The van der Waals surface area contributed by atoms with Gasteiger partial charge in [-0.05, 0) is 36.1 Å². The lowest BCUT2D eigenvalue weighted by Gasteiger charge is -2.16. The molecule has 6 heteroatoms. The molecule has 0 bridgehead atoms. The van der Waals surface area contributed by atoms with E-state index in [0.29, 0.717) is 6.42 Å². The first-order valence-electron chi connectivity index (χ1n) is 5.35. The minimum Gasteiger partial charge on any atom is -0.166 e. The zero-order valence-corrected chi connectivity index (χ0v) is 9.78. The van der Waals surface area contributed by atoms with Crippen molar-refractivity contribution in [1.29, 1.82) is 0 Å². The molecule has 0 spiro atoms. The number of rotatable bonds is 2. The van der Waals surface area contributed by atoms with Crippen LogP contribution >= 0.6 is 0 Å². The topological polar surface area (TPSA) is 0 Å². The number of alkyl halides is 6. The van der Waals surface area contributed by atoms with Crippen LogP contribution < -0.4 is 0 Å². The molecule has 0 aromatic heterocycles. The molecule has 1 aromatic carbocycles. The Morgan fingerprint density at radius 1 is 0.889 bits per heavy atom. The van der Waals surface area contributed by atoms with E-state index < -0.39 is 23.5 Å². The van der Waals surface area contributed by atoms with Gasteiger partial charge in [-0.3, -0.25) is 0 Å². The molecule has 102 valence electrons. The van der Waals surface area contributed by atoms with Crippen molar-refractivity contribution in [3.8, 4) is 0 Å². The molecule has 0 saturated heterocycles. The summed E-state index contributed by atoms with van der Waals surface area (Å²) in [5, 5.41) is 0. The Balaban J connectivity index is 3.39. The normalized spacial score (nSPS) is 14.7. The van der Waals surface area contributed by atoms with Gasteiger partial charge in [-0.1, -0.05) is 13.8 Å². The highest BCUT2D eigenvalue weighted by molar-refractivity contribution is 5.35. The Morgan fingerprint density at radius 2 is 1.28 bits per heavy atom. The largest absolute Gasteiger partial charge is 0.416 e. The Labute approximate surface area is 101 Å². The molecule has 18 heavy (non-hydrogen) atoms. The van der Waals surface area contributed by atoms with E-state index in [2.05, 4.69) is 0 Å². The van der Waals surface area contributed by atoms with E-state index in [1.54, 1.807) is 13.8 Å². The molecule has 0 nitrogen and oxygen atoms in total. The van der Waals surface area contributed by atoms with Crippen LogP contribution in [0.25, 0.3) is 0 Å².